The number of nitrogens with zero attached hydrogens (tertiary/aromatic N) is 3. The predicted molar refractivity (Wildman–Crippen MR) is 97.3 cm³/mol. The third kappa shape index (κ3) is 4.70. The van der Waals surface area contributed by atoms with E-state index in [4.69, 9.17) is 4.74 Å². The molecular weight excluding hydrogens is 350 g/mol. The van der Waals surface area contributed by atoms with Crippen molar-refractivity contribution in [2.75, 3.05) is 38.2 Å². The number of carbonyl (C=O) groups excluding carboxylic acids is 3. The first kappa shape index (κ1) is 18.6. The summed E-state index contributed by atoms with van der Waals surface area (Å²) in [5, 5.41) is 9.37. The van der Waals surface area contributed by atoms with Crippen LogP contribution >= 0.6 is 0 Å². The van der Waals surface area contributed by atoms with Gasteiger partial charge in [-0.25, -0.2) is 0 Å². The number of hydrogen-bond donors (Lipinski definition) is 2. The number of ether oxygens (including phenoxy) is 1. The van der Waals surface area contributed by atoms with Gasteiger partial charge in [-0.3, -0.25) is 19.1 Å². The molecule has 3 amide bonds. The van der Waals surface area contributed by atoms with Crippen LogP contribution in [0.4, 0.5) is 5.82 Å². The number of anilines is 1. The van der Waals surface area contributed by atoms with Crippen molar-refractivity contribution in [3.05, 3.63) is 47.7 Å². The minimum atomic E-state index is -0.479. The molecule has 0 aliphatic carbocycles. The van der Waals surface area contributed by atoms with E-state index in [-0.39, 0.29) is 24.1 Å². The molecule has 1 fully saturated rings. The second-order valence-electron chi connectivity index (χ2n) is 6.03. The van der Waals surface area contributed by atoms with Crippen LogP contribution in [0, 0.1) is 0 Å². The van der Waals surface area contributed by atoms with Crippen LogP contribution in [0.3, 0.4) is 0 Å². The Hall–Kier alpha value is -3.20. The molecular formula is C18H21N5O4. The molecule has 0 saturated carbocycles. The van der Waals surface area contributed by atoms with E-state index in [1.165, 1.54) is 10.7 Å². The molecule has 9 heteroatoms. The Kier molecular flexibility index (Phi) is 5.82. The van der Waals surface area contributed by atoms with Gasteiger partial charge in [0.05, 0.1) is 19.8 Å². The highest BCUT2D eigenvalue weighted by Crippen LogP contribution is 2.11. The molecule has 2 N–H and O–H groups in total. The van der Waals surface area contributed by atoms with Crippen molar-refractivity contribution in [2.24, 2.45) is 7.05 Å². The van der Waals surface area contributed by atoms with E-state index < -0.39 is 5.91 Å². The van der Waals surface area contributed by atoms with Crippen molar-refractivity contribution in [2.45, 2.75) is 0 Å². The Morgan fingerprint density at radius 1 is 1.11 bits per heavy atom. The Balaban J connectivity index is 1.57. The Morgan fingerprint density at radius 2 is 1.81 bits per heavy atom. The lowest BCUT2D eigenvalue weighted by atomic mass is 10.2. The second kappa shape index (κ2) is 8.45. The normalized spacial score (nSPS) is 13.9. The number of carbonyl (C=O) groups is 3. The minimum absolute atomic E-state index is 0.110. The molecule has 27 heavy (non-hydrogen) atoms. The monoisotopic (exact) mass is 371 g/mol. The second-order valence-corrected chi connectivity index (χ2v) is 6.03. The maximum atomic E-state index is 12.3. The van der Waals surface area contributed by atoms with Crippen LogP contribution in [0.15, 0.2) is 36.4 Å². The summed E-state index contributed by atoms with van der Waals surface area (Å²) >= 11 is 0. The van der Waals surface area contributed by atoms with Gasteiger partial charge in [0.15, 0.2) is 5.69 Å². The SMILES string of the molecule is Cn1nc(C(=O)NCC(=O)N2CCOCC2)cc1NC(=O)c1ccccc1. The van der Waals surface area contributed by atoms with Gasteiger partial charge >= 0.3 is 0 Å². The van der Waals surface area contributed by atoms with Crippen LogP contribution < -0.4 is 10.6 Å². The van der Waals surface area contributed by atoms with Crippen molar-refractivity contribution < 1.29 is 19.1 Å². The molecule has 0 radical (unpaired) electrons. The van der Waals surface area contributed by atoms with E-state index in [1.54, 1.807) is 36.2 Å². The number of hydrogen-bond acceptors (Lipinski definition) is 5. The van der Waals surface area contributed by atoms with Crippen molar-refractivity contribution in [1.29, 1.82) is 0 Å². The van der Waals surface area contributed by atoms with E-state index in [0.29, 0.717) is 37.7 Å². The van der Waals surface area contributed by atoms with Gasteiger partial charge < -0.3 is 20.3 Å². The van der Waals surface area contributed by atoms with E-state index >= 15 is 0 Å². The van der Waals surface area contributed by atoms with Crippen molar-refractivity contribution in [3.63, 3.8) is 0 Å². The number of rotatable bonds is 5. The molecule has 1 aromatic carbocycles. The van der Waals surface area contributed by atoms with Gasteiger partial charge in [0.1, 0.15) is 5.82 Å². The third-order valence-corrected chi connectivity index (χ3v) is 4.15. The summed E-state index contributed by atoms with van der Waals surface area (Å²) in [5.41, 5.74) is 0.622. The average molecular weight is 371 g/mol. The lowest BCUT2D eigenvalue weighted by Crippen LogP contribution is -2.45. The fourth-order valence-electron chi connectivity index (χ4n) is 2.64. The number of morpholine rings is 1. The summed E-state index contributed by atoms with van der Waals surface area (Å²) in [6.45, 7) is 1.94. The van der Waals surface area contributed by atoms with Gasteiger partial charge in [-0.1, -0.05) is 18.2 Å². The molecule has 0 atom stereocenters. The van der Waals surface area contributed by atoms with E-state index in [1.807, 2.05) is 6.07 Å². The number of benzene rings is 1. The molecule has 1 aromatic heterocycles. The van der Waals surface area contributed by atoms with Crippen LogP contribution in [0.5, 0.6) is 0 Å². The molecule has 1 saturated heterocycles. The Labute approximate surface area is 156 Å². The number of amides is 3. The topological polar surface area (TPSA) is 106 Å². The third-order valence-electron chi connectivity index (χ3n) is 4.15. The van der Waals surface area contributed by atoms with Crippen molar-refractivity contribution >= 4 is 23.5 Å². The maximum absolute atomic E-state index is 12.3. The summed E-state index contributed by atoms with van der Waals surface area (Å²) in [5.74, 6) is -0.561. The highest BCUT2D eigenvalue weighted by molar-refractivity contribution is 6.04. The van der Waals surface area contributed by atoms with E-state index in [2.05, 4.69) is 15.7 Å². The van der Waals surface area contributed by atoms with E-state index in [0.717, 1.165) is 0 Å². The van der Waals surface area contributed by atoms with Crippen LogP contribution in [0.25, 0.3) is 0 Å². The smallest absolute Gasteiger partial charge is 0.272 e. The molecule has 0 bridgehead atoms. The lowest BCUT2D eigenvalue weighted by Gasteiger charge is -2.26. The molecule has 2 heterocycles. The Bertz CT molecular complexity index is 828. The summed E-state index contributed by atoms with van der Waals surface area (Å²) in [6, 6.07) is 10.2. The summed E-state index contributed by atoms with van der Waals surface area (Å²) < 4.78 is 6.60. The molecule has 142 valence electrons. The zero-order valence-electron chi connectivity index (χ0n) is 15.0. The lowest BCUT2D eigenvalue weighted by molar-refractivity contribution is -0.134. The molecule has 0 spiro atoms. The van der Waals surface area contributed by atoms with Crippen LogP contribution in [0.1, 0.15) is 20.8 Å². The van der Waals surface area contributed by atoms with Gasteiger partial charge in [-0.15, -0.1) is 0 Å². The molecule has 3 rings (SSSR count). The first-order valence-corrected chi connectivity index (χ1v) is 8.59. The quantitative estimate of drug-likeness (QED) is 0.784. The van der Waals surface area contributed by atoms with Gasteiger partial charge in [0, 0.05) is 31.8 Å². The number of aromatic nitrogens is 2. The summed E-state index contributed by atoms with van der Waals surface area (Å²) in [7, 11) is 1.62. The molecule has 0 unspecified atom stereocenters. The number of aryl methyl sites for hydroxylation is 1. The van der Waals surface area contributed by atoms with Gasteiger partial charge in [-0.05, 0) is 12.1 Å². The molecule has 1 aliphatic heterocycles. The molecule has 2 aromatic rings. The zero-order chi connectivity index (χ0) is 19.2. The fourth-order valence-corrected chi connectivity index (χ4v) is 2.64. The fraction of sp³-hybridized carbons (Fsp3) is 0.333. The van der Waals surface area contributed by atoms with Crippen molar-refractivity contribution in [3.8, 4) is 0 Å². The van der Waals surface area contributed by atoms with Crippen LogP contribution in [0.2, 0.25) is 0 Å². The van der Waals surface area contributed by atoms with Crippen molar-refractivity contribution in [1.82, 2.24) is 20.0 Å². The minimum Gasteiger partial charge on any atom is -0.378 e. The van der Waals surface area contributed by atoms with Gasteiger partial charge in [0.2, 0.25) is 5.91 Å². The van der Waals surface area contributed by atoms with E-state index in [9.17, 15) is 14.4 Å². The first-order chi connectivity index (χ1) is 13.0. The molecule has 9 nitrogen and oxygen atoms in total. The predicted octanol–water partition coefficient (Wildman–Crippen LogP) is 0.261. The summed E-state index contributed by atoms with van der Waals surface area (Å²) in [6.07, 6.45) is 0. The average Bonchev–Trinajstić information content (AvgIpc) is 3.07. The maximum Gasteiger partial charge on any atom is 0.272 e. The number of nitrogens with one attached hydrogen (secondary N) is 2. The highest BCUT2D eigenvalue weighted by Gasteiger charge is 2.19. The first-order valence-electron chi connectivity index (χ1n) is 8.59. The standard InChI is InChI=1S/C18H21N5O4/c1-22-15(20-17(25)13-5-3-2-4-6-13)11-14(21-22)18(26)19-12-16(24)23-7-9-27-10-8-23/h2-6,11H,7-10,12H2,1H3,(H,19,26)(H,20,25). The van der Waals surface area contributed by atoms with Gasteiger partial charge in [0.25, 0.3) is 11.8 Å². The largest absolute Gasteiger partial charge is 0.378 e. The summed E-state index contributed by atoms with van der Waals surface area (Å²) in [4.78, 5) is 38.2. The van der Waals surface area contributed by atoms with Crippen LogP contribution in [-0.2, 0) is 16.6 Å². The highest BCUT2D eigenvalue weighted by atomic mass is 16.5. The van der Waals surface area contributed by atoms with Crippen LogP contribution in [-0.4, -0.2) is 65.2 Å². The Morgan fingerprint density at radius 3 is 2.52 bits per heavy atom. The zero-order valence-corrected chi connectivity index (χ0v) is 15.0. The van der Waals surface area contributed by atoms with Gasteiger partial charge in [-0.2, -0.15) is 5.10 Å². The molecule has 1 aliphatic rings.